The number of benzene rings is 1. The molecule has 0 saturated heterocycles. The molecule has 0 fully saturated rings. The van der Waals surface area contributed by atoms with Crippen molar-refractivity contribution in [3.05, 3.63) is 38.4 Å². The van der Waals surface area contributed by atoms with Crippen LogP contribution in [0.5, 0.6) is 0 Å². The third-order valence-electron chi connectivity index (χ3n) is 1.68. The van der Waals surface area contributed by atoms with Crippen molar-refractivity contribution >= 4 is 17.3 Å². The molecule has 0 aliphatic heterocycles. The van der Waals surface area contributed by atoms with Crippen LogP contribution in [0.4, 0.5) is 5.69 Å². The highest BCUT2D eigenvalue weighted by molar-refractivity contribution is 6.33. The van der Waals surface area contributed by atoms with Gasteiger partial charge in [-0.1, -0.05) is 11.6 Å². The molecule has 0 bridgehead atoms. The lowest BCUT2D eigenvalue weighted by atomic mass is 10.1. The molecule has 4 nitrogen and oxygen atoms in total. The van der Waals surface area contributed by atoms with Crippen LogP contribution in [0, 0.1) is 28.4 Å². The highest BCUT2D eigenvalue weighted by Crippen LogP contribution is 2.29. The van der Waals surface area contributed by atoms with Gasteiger partial charge in [-0.3, -0.25) is 10.1 Å². The summed E-state index contributed by atoms with van der Waals surface area (Å²) >= 11 is 5.68. The van der Waals surface area contributed by atoms with E-state index >= 15 is 0 Å². The second-order valence-corrected chi connectivity index (χ2v) is 2.82. The second-order valence-electron chi connectivity index (χ2n) is 2.44. The monoisotopic (exact) mass is 196 g/mol. The first-order valence-corrected chi connectivity index (χ1v) is 3.79. The third-order valence-corrected chi connectivity index (χ3v) is 2.16. The van der Waals surface area contributed by atoms with Gasteiger partial charge in [-0.25, -0.2) is 0 Å². The molecule has 1 rings (SSSR count). The summed E-state index contributed by atoms with van der Waals surface area (Å²) in [4.78, 5) is 9.84. The van der Waals surface area contributed by atoms with Gasteiger partial charge < -0.3 is 0 Å². The lowest BCUT2D eigenvalue weighted by Crippen LogP contribution is -1.92. The van der Waals surface area contributed by atoms with Gasteiger partial charge in [0, 0.05) is 6.07 Å². The quantitative estimate of drug-likeness (QED) is 0.512. The van der Waals surface area contributed by atoms with Crippen molar-refractivity contribution in [2.45, 2.75) is 6.92 Å². The molecule has 13 heavy (non-hydrogen) atoms. The molecule has 0 amide bonds. The summed E-state index contributed by atoms with van der Waals surface area (Å²) in [5.41, 5.74) is 0.632. The van der Waals surface area contributed by atoms with Crippen molar-refractivity contribution in [2.24, 2.45) is 0 Å². The normalized spacial score (nSPS) is 9.31. The molecule has 0 atom stereocenters. The number of nitrogens with zero attached hydrogens (tertiary/aromatic N) is 2. The van der Waals surface area contributed by atoms with E-state index in [0.717, 1.165) is 0 Å². The highest BCUT2D eigenvalue weighted by Gasteiger charge is 2.15. The highest BCUT2D eigenvalue weighted by atomic mass is 35.5. The molecular weight excluding hydrogens is 192 g/mol. The minimum atomic E-state index is -0.573. The number of nitro benzene ring substituents is 1. The molecule has 66 valence electrons. The number of halogens is 1. The average Bonchev–Trinajstić information content (AvgIpc) is 2.09. The fourth-order valence-electron chi connectivity index (χ4n) is 0.933. The van der Waals surface area contributed by atoms with Crippen molar-refractivity contribution in [3.8, 4) is 6.07 Å². The molecule has 1 aromatic carbocycles. The van der Waals surface area contributed by atoms with Crippen LogP contribution in [-0.2, 0) is 0 Å². The summed E-state index contributed by atoms with van der Waals surface area (Å²) in [6, 6.07) is 4.51. The Kier molecular flexibility index (Phi) is 2.49. The summed E-state index contributed by atoms with van der Waals surface area (Å²) in [5.74, 6) is 0. The van der Waals surface area contributed by atoms with Crippen LogP contribution in [0.2, 0.25) is 5.02 Å². The molecule has 0 heterocycles. The second kappa shape index (κ2) is 3.42. The van der Waals surface area contributed by atoms with E-state index in [-0.39, 0.29) is 10.7 Å². The average molecular weight is 197 g/mol. The van der Waals surface area contributed by atoms with Gasteiger partial charge in [0.2, 0.25) is 0 Å². The molecule has 0 N–H and O–H groups in total. The first-order valence-electron chi connectivity index (χ1n) is 3.41. The van der Waals surface area contributed by atoms with E-state index < -0.39 is 4.92 Å². The maximum absolute atomic E-state index is 10.4. The van der Waals surface area contributed by atoms with Gasteiger partial charge in [0.25, 0.3) is 5.69 Å². The van der Waals surface area contributed by atoms with Gasteiger partial charge in [0.05, 0.1) is 16.6 Å². The molecule has 0 unspecified atom stereocenters. The predicted octanol–water partition coefficient (Wildman–Crippen LogP) is 2.43. The topological polar surface area (TPSA) is 66.9 Å². The fraction of sp³-hybridized carbons (Fsp3) is 0.125. The lowest BCUT2D eigenvalue weighted by molar-refractivity contribution is -0.384. The molecule has 0 aromatic heterocycles. The van der Waals surface area contributed by atoms with E-state index in [1.807, 2.05) is 6.07 Å². The molecular formula is C8H5ClN2O2. The van der Waals surface area contributed by atoms with Crippen molar-refractivity contribution in [2.75, 3.05) is 0 Å². The fourth-order valence-corrected chi connectivity index (χ4v) is 1.17. The van der Waals surface area contributed by atoms with Crippen molar-refractivity contribution in [1.82, 2.24) is 0 Å². The van der Waals surface area contributed by atoms with Crippen molar-refractivity contribution in [3.63, 3.8) is 0 Å². The van der Waals surface area contributed by atoms with E-state index in [9.17, 15) is 10.1 Å². The number of hydrogen-bond donors (Lipinski definition) is 0. The van der Waals surface area contributed by atoms with Gasteiger partial charge in [0.15, 0.2) is 0 Å². The summed E-state index contributed by atoms with van der Waals surface area (Å²) in [6.07, 6.45) is 0. The first kappa shape index (κ1) is 9.49. The minimum Gasteiger partial charge on any atom is -0.258 e. The Morgan fingerprint density at radius 1 is 1.62 bits per heavy atom. The summed E-state index contributed by atoms with van der Waals surface area (Å²) in [5, 5.41) is 19.0. The van der Waals surface area contributed by atoms with Crippen LogP contribution in [0.3, 0.4) is 0 Å². The smallest absolute Gasteiger partial charge is 0.258 e. The van der Waals surface area contributed by atoms with E-state index in [4.69, 9.17) is 16.9 Å². The SMILES string of the molecule is Cc1c(C#N)ccc([N+](=O)[O-])c1Cl. The zero-order valence-electron chi connectivity index (χ0n) is 6.74. The Balaban J connectivity index is 3.42. The van der Waals surface area contributed by atoms with Crippen LogP contribution in [0.25, 0.3) is 0 Å². The number of nitriles is 1. The molecule has 0 aliphatic rings. The molecule has 0 spiro atoms. The van der Waals surface area contributed by atoms with Crippen LogP contribution < -0.4 is 0 Å². The van der Waals surface area contributed by atoms with Crippen LogP contribution in [-0.4, -0.2) is 4.92 Å². The molecule has 1 aromatic rings. The van der Waals surface area contributed by atoms with E-state index in [2.05, 4.69) is 0 Å². The van der Waals surface area contributed by atoms with Gasteiger partial charge in [-0.05, 0) is 18.6 Å². The zero-order valence-corrected chi connectivity index (χ0v) is 7.50. The number of rotatable bonds is 1. The summed E-state index contributed by atoms with van der Waals surface area (Å²) in [6.45, 7) is 1.58. The maximum Gasteiger partial charge on any atom is 0.288 e. The molecule has 0 aliphatic carbocycles. The van der Waals surface area contributed by atoms with Crippen LogP contribution >= 0.6 is 11.6 Å². The Morgan fingerprint density at radius 2 is 2.23 bits per heavy atom. The van der Waals surface area contributed by atoms with Crippen molar-refractivity contribution in [1.29, 1.82) is 5.26 Å². The summed E-state index contributed by atoms with van der Waals surface area (Å²) < 4.78 is 0. The lowest BCUT2D eigenvalue weighted by Gasteiger charge is -2.00. The number of hydrogen-bond acceptors (Lipinski definition) is 3. The maximum atomic E-state index is 10.4. The molecule has 5 heteroatoms. The zero-order chi connectivity index (χ0) is 10.0. The van der Waals surface area contributed by atoms with Gasteiger partial charge in [0.1, 0.15) is 5.02 Å². The van der Waals surface area contributed by atoms with Gasteiger partial charge in [-0.15, -0.1) is 0 Å². The van der Waals surface area contributed by atoms with Crippen LogP contribution in [0.15, 0.2) is 12.1 Å². The van der Waals surface area contributed by atoms with Gasteiger partial charge >= 0.3 is 0 Å². The van der Waals surface area contributed by atoms with Gasteiger partial charge in [-0.2, -0.15) is 5.26 Å². The minimum absolute atomic E-state index is 0.0315. The predicted molar refractivity (Wildman–Crippen MR) is 47.6 cm³/mol. The molecule has 0 saturated carbocycles. The van der Waals surface area contributed by atoms with Crippen molar-refractivity contribution < 1.29 is 4.92 Å². The molecule has 0 radical (unpaired) electrons. The van der Waals surface area contributed by atoms with E-state index in [0.29, 0.717) is 11.1 Å². The third kappa shape index (κ3) is 1.60. The summed E-state index contributed by atoms with van der Waals surface area (Å²) in [7, 11) is 0. The van der Waals surface area contributed by atoms with Crippen LogP contribution in [0.1, 0.15) is 11.1 Å². The Bertz CT molecular complexity index is 409. The largest absolute Gasteiger partial charge is 0.288 e. The Hall–Kier alpha value is -1.60. The number of nitro groups is 1. The standard InChI is InChI=1S/C8H5ClN2O2/c1-5-6(4-10)2-3-7(8(5)9)11(12)13/h2-3H,1H3. The first-order chi connectivity index (χ1) is 6.07. The Labute approximate surface area is 79.5 Å². The van der Waals surface area contributed by atoms with E-state index in [1.54, 1.807) is 6.92 Å². The Morgan fingerprint density at radius 3 is 2.69 bits per heavy atom. The van der Waals surface area contributed by atoms with E-state index in [1.165, 1.54) is 12.1 Å².